The molecular weight excluding hydrogens is 474 g/mol. The number of rotatable bonds is 6. The van der Waals surface area contributed by atoms with Crippen molar-refractivity contribution in [1.82, 2.24) is 4.90 Å². The highest BCUT2D eigenvalue weighted by atomic mass is 19.4. The molecule has 3 aliphatic rings. The summed E-state index contributed by atoms with van der Waals surface area (Å²) in [7, 11) is 0. The normalized spacial score (nSPS) is 29.9. The summed E-state index contributed by atoms with van der Waals surface area (Å²) in [5, 5.41) is 11.1. The molecule has 1 N–H and O–H groups in total. The zero-order valence-electron chi connectivity index (χ0n) is 20.4. The Morgan fingerprint density at radius 3 is 2.28 bits per heavy atom. The minimum atomic E-state index is -4.17. The average molecular weight is 508 g/mol. The van der Waals surface area contributed by atoms with Gasteiger partial charge < -0.3 is 9.84 Å². The van der Waals surface area contributed by atoms with Crippen LogP contribution in [0.25, 0.3) is 10.8 Å². The highest BCUT2D eigenvalue weighted by Gasteiger charge is 2.45. The van der Waals surface area contributed by atoms with Crippen molar-refractivity contribution in [2.45, 2.75) is 95.4 Å². The molecule has 2 saturated heterocycles. The van der Waals surface area contributed by atoms with Gasteiger partial charge in [0, 0.05) is 23.7 Å². The first-order chi connectivity index (χ1) is 17.2. The van der Waals surface area contributed by atoms with E-state index in [1.165, 1.54) is 0 Å². The van der Waals surface area contributed by atoms with Crippen LogP contribution < -0.4 is 4.74 Å². The van der Waals surface area contributed by atoms with Crippen molar-refractivity contribution in [2.24, 2.45) is 11.8 Å². The van der Waals surface area contributed by atoms with E-state index in [-0.39, 0.29) is 43.0 Å². The maximum absolute atomic E-state index is 14.3. The number of nitrogens with zero attached hydrogens (tertiary/aromatic N) is 1. The summed E-state index contributed by atoms with van der Waals surface area (Å²) in [6.45, 7) is 1.40. The van der Waals surface area contributed by atoms with Gasteiger partial charge in [-0.25, -0.2) is 4.39 Å². The van der Waals surface area contributed by atoms with Gasteiger partial charge >= 0.3 is 12.1 Å². The summed E-state index contributed by atoms with van der Waals surface area (Å²) in [5.41, 5.74) is 1.48. The van der Waals surface area contributed by atoms with Gasteiger partial charge in [-0.2, -0.15) is 13.2 Å². The molecule has 1 saturated carbocycles. The fourth-order valence-electron chi connectivity index (χ4n) is 6.79. The maximum Gasteiger partial charge on any atom is 0.391 e. The van der Waals surface area contributed by atoms with E-state index in [0.717, 1.165) is 29.2 Å². The zero-order valence-corrected chi connectivity index (χ0v) is 20.4. The number of hydrogen-bond donors (Lipinski definition) is 1. The molecule has 1 aliphatic carbocycles. The summed E-state index contributed by atoms with van der Waals surface area (Å²) in [4.78, 5) is 14.0. The second-order valence-electron chi connectivity index (χ2n) is 10.8. The van der Waals surface area contributed by atoms with Crippen LogP contribution in [-0.2, 0) is 11.5 Å². The molecule has 5 rings (SSSR count). The maximum atomic E-state index is 14.3. The number of piperidine rings is 1. The van der Waals surface area contributed by atoms with E-state index in [1.54, 1.807) is 6.07 Å². The van der Waals surface area contributed by atoms with Crippen LogP contribution in [0.3, 0.4) is 0 Å². The van der Waals surface area contributed by atoms with Crippen molar-refractivity contribution in [3.8, 4) is 5.75 Å². The molecule has 3 fully saturated rings. The Morgan fingerprint density at radius 2 is 1.69 bits per heavy atom. The number of benzene rings is 2. The molecule has 2 aromatic rings. The van der Waals surface area contributed by atoms with Crippen LogP contribution in [0.4, 0.5) is 17.6 Å². The van der Waals surface area contributed by atoms with Crippen molar-refractivity contribution in [3.63, 3.8) is 0 Å². The molecule has 2 aromatic carbocycles. The highest BCUT2D eigenvalue weighted by molar-refractivity contribution is 5.88. The SMILES string of the molecule is C[C@H](c1ccc2ccc(OC3CCC(C(F)(F)F)CC3)c(CF)c2c1)N1C2CCC1CC(C(=O)O)C2. The third-order valence-electron chi connectivity index (χ3n) is 8.75. The van der Waals surface area contributed by atoms with E-state index >= 15 is 0 Å². The van der Waals surface area contributed by atoms with Crippen molar-refractivity contribution < 1.29 is 32.2 Å². The van der Waals surface area contributed by atoms with E-state index < -0.39 is 24.7 Å². The number of alkyl halides is 4. The second kappa shape index (κ2) is 9.84. The Labute approximate surface area is 208 Å². The molecule has 2 unspecified atom stereocenters. The Balaban J connectivity index is 1.36. The minimum Gasteiger partial charge on any atom is -0.490 e. The minimum absolute atomic E-state index is 0.0370. The summed E-state index contributed by atoms with van der Waals surface area (Å²) < 4.78 is 59.4. The van der Waals surface area contributed by atoms with E-state index in [9.17, 15) is 27.5 Å². The predicted molar refractivity (Wildman–Crippen MR) is 129 cm³/mol. The fourth-order valence-corrected chi connectivity index (χ4v) is 6.79. The number of halogens is 4. The van der Waals surface area contributed by atoms with Crippen LogP contribution in [0.5, 0.6) is 5.75 Å². The Bertz CT molecular complexity index is 1100. The van der Waals surface area contributed by atoms with E-state index in [0.29, 0.717) is 37.0 Å². The first-order valence-corrected chi connectivity index (χ1v) is 13.0. The smallest absolute Gasteiger partial charge is 0.391 e. The van der Waals surface area contributed by atoms with Crippen molar-refractivity contribution in [2.75, 3.05) is 0 Å². The van der Waals surface area contributed by atoms with Gasteiger partial charge in [-0.1, -0.05) is 18.2 Å². The van der Waals surface area contributed by atoms with Gasteiger partial charge in [0.15, 0.2) is 0 Å². The van der Waals surface area contributed by atoms with E-state index in [4.69, 9.17) is 4.74 Å². The monoisotopic (exact) mass is 507 g/mol. The lowest BCUT2D eigenvalue weighted by Crippen LogP contribution is -2.45. The van der Waals surface area contributed by atoms with Gasteiger partial charge in [0.1, 0.15) is 12.4 Å². The molecule has 0 radical (unpaired) electrons. The second-order valence-corrected chi connectivity index (χ2v) is 10.8. The van der Waals surface area contributed by atoms with E-state index in [1.807, 2.05) is 18.2 Å². The fraction of sp³-hybridized carbons (Fsp3) is 0.607. The van der Waals surface area contributed by atoms with Crippen molar-refractivity contribution >= 4 is 16.7 Å². The molecule has 2 heterocycles. The molecule has 2 aliphatic heterocycles. The number of hydrogen-bond acceptors (Lipinski definition) is 3. The van der Waals surface area contributed by atoms with Crippen LogP contribution in [0.15, 0.2) is 30.3 Å². The summed E-state index contributed by atoms with van der Waals surface area (Å²) in [6.07, 6.45) is -0.521. The molecule has 0 spiro atoms. The standard InChI is InChI=1S/C28H33F4NO3/c1-16(33-21-7-8-22(33)13-19(12-21)27(34)35)18-3-2-17-4-11-26(25(15-29)24(17)14-18)36-23-9-5-20(6-10-23)28(30,31)32/h2-4,11,14,16,19-23H,5-10,12-13,15H2,1H3,(H,34,35)/t16-,19?,20?,21?,22?,23?/m1/s1. The summed E-state index contributed by atoms with van der Waals surface area (Å²) >= 11 is 0. The van der Waals surface area contributed by atoms with Gasteiger partial charge in [-0.3, -0.25) is 9.69 Å². The zero-order chi connectivity index (χ0) is 25.6. The lowest BCUT2D eigenvalue weighted by atomic mass is 9.87. The first kappa shape index (κ1) is 25.3. The molecule has 4 nitrogen and oxygen atoms in total. The van der Waals surface area contributed by atoms with Gasteiger partial charge in [0.25, 0.3) is 0 Å². The quantitative estimate of drug-likeness (QED) is 0.420. The number of fused-ring (bicyclic) bond motifs is 3. The van der Waals surface area contributed by atoms with Gasteiger partial charge in [0.2, 0.25) is 0 Å². The topological polar surface area (TPSA) is 49.8 Å². The molecule has 8 heteroatoms. The number of carboxylic acid groups (broad SMARTS) is 1. The van der Waals surface area contributed by atoms with Crippen molar-refractivity contribution in [3.05, 3.63) is 41.5 Å². The molecule has 3 atom stereocenters. The lowest BCUT2D eigenvalue weighted by molar-refractivity contribution is -0.185. The lowest BCUT2D eigenvalue weighted by Gasteiger charge is -2.41. The first-order valence-electron chi connectivity index (χ1n) is 13.0. The molecule has 2 bridgehead atoms. The Kier molecular flexibility index (Phi) is 6.92. The Morgan fingerprint density at radius 1 is 1.06 bits per heavy atom. The average Bonchev–Trinajstić information content (AvgIpc) is 3.11. The largest absolute Gasteiger partial charge is 0.490 e. The Hall–Kier alpha value is -2.35. The molecular formula is C28H33F4NO3. The van der Waals surface area contributed by atoms with Gasteiger partial charge in [-0.15, -0.1) is 0 Å². The van der Waals surface area contributed by atoms with Crippen molar-refractivity contribution in [1.29, 1.82) is 0 Å². The number of carbonyl (C=O) groups is 1. The van der Waals surface area contributed by atoms with Gasteiger partial charge in [0.05, 0.1) is 17.9 Å². The van der Waals surface area contributed by atoms with Crippen LogP contribution >= 0.6 is 0 Å². The summed E-state index contributed by atoms with van der Waals surface area (Å²) in [5.74, 6) is -1.87. The van der Waals surface area contributed by atoms with Crippen LogP contribution in [0, 0.1) is 11.8 Å². The molecule has 0 amide bonds. The third-order valence-corrected chi connectivity index (χ3v) is 8.75. The van der Waals surface area contributed by atoms with Gasteiger partial charge in [-0.05, 0) is 86.8 Å². The molecule has 36 heavy (non-hydrogen) atoms. The highest BCUT2D eigenvalue weighted by Crippen LogP contribution is 2.45. The number of carboxylic acids is 1. The number of aliphatic carboxylic acids is 1. The van der Waals surface area contributed by atoms with Crippen LogP contribution in [0.1, 0.15) is 75.5 Å². The van der Waals surface area contributed by atoms with Crippen LogP contribution in [-0.4, -0.2) is 40.3 Å². The molecule has 0 aromatic heterocycles. The van der Waals surface area contributed by atoms with E-state index in [2.05, 4.69) is 17.9 Å². The molecule has 196 valence electrons. The number of ether oxygens (including phenoxy) is 1. The predicted octanol–water partition coefficient (Wildman–Crippen LogP) is 7.20. The third kappa shape index (κ3) is 4.81. The van der Waals surface area contributed by atoms with Crippen LogP contribution in [0.2, 0.25) is 0 Å². The summed E-state index contributed by atoms with van der Waals surface area (Å²) in [6, 6.07) is 10.2.